The van der Waals surface area contributed by atoms with Crippen LogP contribution in [0.3, 0.4) is 0 Å². The number of aromatic amines is 1. The van der Waals surface area contributed by atoms with Crippen LogP contribution in [-0.4, -0.2) is 51.1 Å². The third kappa shape index (κ3) is 10.2. The van der Waals surface area contributed by atoms with Crippen molar-refractivity contribution in [3.63, 3.8) is 0 Å². The topological polar surface area (TPSA) is 133 Å². The van der Waals surface area contributed by atoms with Gasteiger partial charge in [-0.05, 0) is 18.8 Å². The number of nitrogens with zero attached hydrogens (tertiary/aromatic N) is 3. The van der Waals surface area contributed by atoms with Gasteiger partial charge in [0, 0.05) is 18.8 Å². The predicted molar refractivity (Wildman–Crippen MR) is 131 cm³/mol. The highest BCUT2D eigenvalue weighted by atomic mass is 16.5. The highest BCUT2D eigenvalue weighted by molar-refractivity contribution is 5.75. The van der Waals surface area contributed by atoms with E-state index in [0.29, 0.717) is 30.7 Å². The largest absolute Gasteiger partial charge is 0.466 e. The van der Waals surface area contributed by atoms with Gasteiger partial charge in [0.15, 0.2) is 5.65 Å². The van der Waals surface area contributed by atoms with Crippen LogP contribution in [0.25, 0.3) is 11.2 Å². The zero-order valence-corrected chi connectivity index (χ0v) is 20.9. The van der Waals surface area contributed by atoms with Gasteiger partial charge in [0.25, 0.3) is 0 Å². The number of unbranched alkanes of at least 4 members (excludes halogenated alkanes) is 6. The molecule has 0 fully saturated rings. The number of carbonyl (C=O) groups is 2. The second-order valence-electron chi connectivity index (χ2n) is 9.28. The van der Waals surface area contributed by atoms with Crippen molar-refractivity contribution < 1.29 is 19.1 Å². The molecule has 0 amide bonds. The van der Waals surface area contributed by atoms with Crippen molar-refractivity contribution in [2.75, 3.05) is 13.2 Å². The van der Waals surface area contributed by atoms with E-state index >= 15 is 0 Å². The number of ether oxygens (including phenoxy) is 2. The number of aromatic nitrogens is 4. The van der Waals surface area contributed by atoms with Crippen LogP contribution in [0.2, 0.25) is 0 Å². The number of hydrogen-bond acceptors (Lipinski definition) is 8. The summed E-state index contributed by atoms with van der Waals surface area (Å²) in [6.45, 7) is 6.38. The van der Waals surface area contributed by atoms with Gasteiger partial charge in [0.2, 0.25) is 0 Å². The molecule has 2 heterocycles. The minimum absolute atomic E-state index is 0.0102. The lowest BCUT2D eigenvalue weighted by Crippen LogP contribution is -2.38. The Bertz CT molecular complexity index is 870. The molecule has 0 saturated carbocycles. The number of nitrogens with one attached hydrogen (secondary N) is 1. The SMILES string of the molecule is CCCCCCCCCC(=O)OCCC(COC(=O)[C@@H](N)C(C)C)Cc1ncc2[nH]cnc2n1. The molecule has 0 saturated heterocycles. The molecule has 0 spiro atoms. The summed E-state index contributed by atoms with van der Waals surface area (Å²) in [4.78, 5) is 40.3. The number of H-pyrrole nitrogens is 1. The Labute approximate surface area is 202 Å². The van der Waals surface area contributed by atoms with Gasteiger partial charge in [0.1, 0.15) is 17.4 Å². The highest BCUT2D eigenvalue weighted by Crippen LogP contribution is 2.15. The van der Waals surface area contributed by atoms with Crippen LogP contribution < -0.4 is 5.73 Å². The Morgan fingerprint density at radius 2 is 1.79 bits per heavy atom. The fourth-order valence-electron chi connectivity index (χ4n) is 3.58. The van der Waals surface area contributed by atoms with Crippen LogP contribution in [0.5, 0.6) is 0 Å². The van der Waals surface area contributed by atoms with E-state index in [4.69, 9.17) is 15.2 Å². The molecule has 2 aromatic rings. The van der Waals surface area contributed by atoms with Crippen LogP contribution in [0.1, 0.15) is 84.4 Å². The number of imidazole rings is 1. The lowest BCUT2D eigenvalue weighted by atomic mass is 10.0. The molecule has 9 heteroatoms. The summed E-state index contributed by atoms with van der Waals surface area (Å²) in [6.07, 6.45) is 12.8. The Balaban J connectivity index is 1.80. The first-order valence-corrected chi connectivity index (χ1v) is 12.6. The lowest BCUT2D eigenvalue weighted by molar-refractivity contribution is -0.149. The molecule has 34 heavy (non-hydrogen) atoms. The molecular weight excluding hydrogens is 434 g/mol. The van der Waals surface area contributed by atoms with E-state index in [9.17, 15) is 9.59 Å². The third-order valence-corrected chi connectivity index (χ3v) is 5.92. The van der Waals surface area contributed by atoms with E-state index in [1.54, 1.807) is 12.5 Å². The summed E-state index contributed by atoms with van der Waals surface area (Å²) in [5.41, 5.74) is 7.25. The second-order valence-corrected chi connectivity index (χ2v) is 9.28. The van der Waals surface area contributed by atoms with Crippen LogP contribution in [0.4, 0.5) is 0 Å². The molecule has 0 aliphatic carbocycles. The van der Waals surface area contributed by atoms with E-state index in [0.717, 1.165) is 18.4 Å². The van der Waals surface area contributed by atoms with E-state index in [-0.39, 0.29) is 31.0 Å². The van der Waals surface area contributed by atoms with Gasteiger partial charge in [-0.1, -0.05) is 59.3 Å². The van der Waals surface area contributed by atoms with Gasteiger partial charge in [0.05, 0.1) is 25.7 Å². The first-order chi connectivity index (χ1) is 16.4. The molecule has 2 atom stereocenters. The molecule has 1 unspecified atom stereocenters. The molecule has 3 N–H and O–H groups in total. The predicted octanol–water partition coefficient (Wildman–Crippen LogP) is 4.11. The van der Waals surface area contributed by atoms with Crippen LogP contribution in [-0.2, 0) is 25.5 Å². The maximum atomic E-state index is 12.2. The minimum Gasteiger partial charge on any atom is -0.466 e. The first-order valence-electron chi connectivity index (χ1n) is 12.6. The summed E-state index contributed by atoms with van der Waals surface area (Å²) in [5, 5.41) is 0. The van der Waals surface area contributed by atoms with Crippen LogP contribution in [0, 0.1) is 11.8 Å². The van der Waals surface area contributed by atoms with Crippen molar-refractivity contribution >= 4 is 23.1 Å². The molecule has 0 bridgehead atoms. The van der Waals surface area contributed by atoms with Crippen LogP contribution in [0.15, 0.2) is 12.5 Å². The monoisotopic (exact) mass is 475 g/mol. The Morgan fingerprint density at radius 1 is 1.06 bits per heavy atom. The number of esters is 2. The minimum atomic E-state index is -0.669. The molecule has 0 aliphatic heterocycles. The molecule has 190 valence electrons. The molecule has 2 rings (SSSR count). The van der Waals surface area contributed by atoms with E-state index in [1.165, 1.54) is 32.1 Å². The van der Waals surface area contributed by atoms with E-state index in [1.807, 2.05) is 13.8 Å². The van der Waals surface area contributed by atoms with Crippen molar-refractivity contribution in [3.8, 4) is 0 Å². The zero-order chi connectivity index (χ0) is 24.8. The normalized spacial score (nSPS) is 13.2. The van der Waals surface area contributed by atoms with Crippen molar-refractivity contribution in [1.82, 2.24) is 19.9 Å². The molecule has 0 aliphatic rings. The third-order valence-electron chi connectivity index (χ3n) is 5.92. The molecule has 9 nitrogen and oxygen atoms in total. The smallest absolute Gasteiger partial charge is 0.323 e. The Hall–Kier alpha value is -2.55. The average Bonchev–Trinajstić information content (AvgIpc) is 3.29. The fraction of sp³-hybridized carbons (Fsp3) is 0.720. The molecular formula is C25H41N5O4. The van der Waals surface area contributed by atoms with Gasteiger partial charge in [-0.3, -0.25) is 9.59 Å². The standard InChI is InChI=1S/C25H41N5O4/c1-4-5-6-7-8-9-10-11-22(31)33-13-12-19(16-34-25(32)23(26)18(2)3)14-21-27-15-20-24(30-21)29-17-28-20/h15,17-19,23H,4-14,16,26H2,1-3H3,(H,27,28,29,30)/t19?,23-/m0/s1. The van der Waals surface area contributed by atoms with Crippen molar-refractivity contribution in [3.05, 3.63) is 18.3 Å². The Kier molecular flexibility index (Phi) is 12.5. The Morgan fingerprint density at radius 3 is 2.53 bits per heavy atom. The second kappa shape index (κ2) is 15.4. The molecule has 0 aromatic carbocycles. The average molecular weight is 476 g/mol. The summed E-state index contributed by atoms with van der Waals surface area (Å²) in [6, 6.07) is -0.669. The highest BCUT2D eigenvalue weighted by Gasteiger charge is 2.22. The lowest BCUT2D eigenvalue weighted by Gasteiger charge is -2.19. The van der Waals surface area contributed by atoms with Crippen LogP contribution >= 0.6 is 0 Å². The van der Waals surface area contributed by atoms with Gasteiger partial charge < -0.3 is 20.2 Å². The summed E-state index contributed by atoms with van der Waals surface area (Å²) in [7, 11) is 0. The quantitative estimate of drug-likeness (QED) is 0.258. The number of carbonyl (C=O) groups excluding carboxylic acids is 2. The van der Waals surface area contributed by atoms with Gasteiger partial charge in [-0.2, -0.15) is 0 Å². The summed E-state index contributed by atoms with van der Waals surface area (Å²) < 4.78 is 10.9. The molecule has 0 radical (unpaired) electrons. The number of nitrogens with two attached hydrogens (primary N) is 1. The fourth-order valence-corrected chi connectivity index (χ4v) is 3.58. The maximum Gasteiger partial charge on any atom is 0.323 e. The van der Waals surface area contributed by atoms with Crippen molar-refractivity contribution in [2.45, 2.75) is 91.0 Å². The van der Waals surface area contributed by atoms with E-state index < -0.39 is 12.0 Å². The van der Waals surface area contributed by atoms with Gasteiger partial charge >= 0.3 is 11.9 Å². The number of rotatable bonds is 17. The zero-order valence-electron chi connectivity index (χ0n) is 20.9. The number of fused-ring (bicyclic) bond motifs is 1. The van der Waals surface area contributed by atoms with Crippen molar-refractivity contribution in [1.29, 1.82) is 0 Å². The first kappa shape index (κ1) is 27.7. The van der Waals surface area contributed by atoms with Crippen molar-refractivity contribution in [2.24, 2.45) is 17.6 Å². The number of hydrogen-bond donors (Lipinski definition) is 2. The maximum absolute atomic E-state index is 12.2. The molecule has 2 aromatic heterocycles. The van der Waals surface area contributed by atoms with Gasteiger partial charge in [-0.15, -0.1) is 0 Å². The van der Waals surface area contributed by atoms with Gasteiger partial charge in [-0.25, -0.2) is 15.0 Å². The van der Waals surface area contributed by atoms with E-state index in [2.05, 4.69) is 26.9 Å². The summed E-state index contributed by atoms with van der Waals surface area (Å²) >= 11 is 0. The summed E-state index contributed by atoms with van der Waals surface area (Å²) in [5.74, 6) is -0.127.